The number of carbonyl (C=O) groups excluding carboxylic acids is 1. The van der Waals surface area contributed by atoms with E-state index in [-0.39, 0.29) is 18.0 Å². The second-order valence-corrected chi connectivity index (χ2v) is 7.98. The third kappa shape index (κ3) is 3.84. The highest BCUT2D eigenvalue weighted by atomic mass is 32.1. The van der Waals surface area contributed by atoms with E-state index in [9.17, 15) is 9.59 Å². The van der Waals surface area contributed by atoms with Crippen molar-refractivity contribution in [2.45, 2.75) is 20.4 Å². The van der Waals surface area contributed by atoms with Crippen molar-refractivity contribution in [1.29, 1.82) is 0 Å². The molecule has 2 heterocycles. The summed E-state index contributed by atoms with van der Waals surface area (Å²) < 4.78 is 7.07. The second kappa shape index (κ2) is 8.12. The Balaban J connectivity index is 1.60. The molecule has 6 nitrogen and oxygen atoms in total. The van der Waals surface area contributed by atoms with E-state index in [0.717, 1.165) is 33.7 Å². The minimum Gasteiger partial charge on any atom is -0.497 e. The standard InChI is InChI=1S/C23H21N3O3S/c1-14-4-5-15(2)19(10-14)25-20(27)11-26-13-24-21-18(12-30-22(21)23(26)28)16-6-8-17(29-3)9-7-16/h4-10,12-13H,11H2,1-3H3,(H,25,27). The monoisotopic (exact) mass is 419 g/mol. The Morgan fingerprint density at radius 1 is 1.17 bits per heavy atom. The first-order valence-electron chi connectivity index (χ1n) is 9.44. The van der Waals surface area contributed by atoms with Gasteiger partial charge in [-0.05, 0) is 48.7 Å². The van der Waals surface area contributed by atoms with Crippen LogP contribution in [0.2, 0.25) is 0 Å². The predicted molar refractivity (Wildman–Crippen MR) is 120 cm³/mol. The van der Waals surface area contributed by atoms with E-state index in [2.05, 4.69) is 10.3 Å². The molecular weight excluding hydrogens is 398 g/mol. The number of hydrogen-bond acceptors (Lipinski definition) is 5. The first-order chi connectivity index (χ1) is 14.5. The summed E-state index contributed by atoms with van der Waals surface area (Å²) in [6.45, 7) is 3.81. The molecule has 30 heavy (non-hydrogen) atoms. The van der Waals surface area contributed by atoms with Gasteiger partial charge in [0.1, 0.15) is 17.0 Å². The normalized spacial score (nSPS) is 10.9. The zero-order valence-electron chi connectivity index (χ0n) is 16.9. The molecule has 0 saturated carbocycles. The SMILES string of the molecule is COc1ccc(-c2csc3c(=O)n(CC(=O)Nc4cc(C)ccc4C)cnc23)cc1. The molecule has 0 fully saturated rings. The Morgan fingerprint density at radius 3 is 2.67 bits per heavy atom. The molecule has 1 amide bonds. The zero-order valence-corrected chi connectivity index (χ0v) is 17.7. The van der Waals surface area contributed by atoms with Crippen molar-refractivity contribution in [2.75, 3.05) is 12.4 Å². The molecule has 0 saturated heterocycles. The lowest BCUT2D eigenvalue weighted by Gasteiger charge is -2.10. The Labute approximate surface area is 177 Å². The van der Waals surface area contributed by atoms with E-state index in [1.165, 1.54) is 22.2 Å². The number of nitrogens with zero attached hydrogens (tertiary/aromatic N) is 2. The van der Waals surface area contributed by atoms with Crippen molar-refractivity contribution in [2.24, 2.45) is 0 Å². The van der Waals surface area contributed by atoms with Gasteiger partial charge in [0.15, 0.2) is 0 Å². The molecule has 0 unspecified atom stereocenters. The van der Waals surface area contributed by atoms with E-state index in [0.29, 0.717) is 10.2 Å². The molecule has 152 valence electrons. The fourth-order valence-electron chi connectivity index (χ4n) is 3.24. The van der Waals surface area contributed by atoms with Crippen molar-refractivity contribution in [3.8, 4) is 16.9 Å². The smallest absolute Gasteiger partial charge is 0.271 e. The third-order valence-electron chi connectivity index (χ3n) is 4.93. The van der Waals surface area contributed by atoms with Gasteiger partial charge < -0.3 is 10.1 Å². The maximum Gasteiger partial charge on any atom is 0.271 e. The van der Waals surface area contributed by atoms with Crippen molar-refractivity contribution in [1.82, 2.24) is 9.55 Å². The highest BCUT2D eigenvalue weighted by molar-refractivity contribution is 7.17. The molecule has 7 heteroatoms. The third-order valence-corrected chi connectivity index (χ3v) is 5.89. The minimum absolute atomic E-state index is 0.0923. The van der Waals surface area contributed by atoms with Gasteiger partial charge >= 0.3 is 0 Å². The molecule has 1 N–H and O–H groups in total. The van der Waals surface area contributed by atoms with Crippen LogP contribution < -0.4 is 15.6 Å². The molecule has 0 radical (unpaired) electrons. The average Bonchev–Trinajstić information content (AvgIpc) is 3.18. The van der Waals surface area contributed by atoms with E-state index >= 15 is 0 Å². The molecule has 0 atom stereocenters. The average molecular weight is 420 g/mol. The van der Waals surface area contributed by atoms with Crippen LogP contribution in [0.5, 0.6) is 5.75 Å². The molecule has 4 rings (SSSR count). The van der Waals surface area contributed by atoms with E-state index in [1.807, 2.05) is 61.7 Å². The summed E-state index contributed by atoms with van der Waals surface area (Å²) in [7, 11) is 1.62. The van der Waals surface area contributed by atoms with E-state index < -0.39 is 0 Å². The van der Waals surface area contributed by atoms with Crippen LogP contribution in [-0.2, 0) is 11.3 Å². The zero-order chi connectivity index (χ0) is 21.3. The van der Waals surface area contributed by atoms with Crippen LogP contribution in [-0.4, -0.2) is 22.6 Å². The number of hydrogen-bond donors (Lipinski definition) is 1. The fourth-order valence-corrected chi connectivity index (χ4v) is 4.22. The summed E-state index contributed by atoms with van der Waals surface area (Å²) in [6, 6.07) is 13.5. The topological polar surface area (TPSA) is 73.2 Å². The fraction of sp³-hybridized carbons (Fsp3) is 0.174. The quantitative estimate of drug-likeness (QED) is 0.521. The number of carbonyl (C=O) groups is 1. The predicted octanol–water partition coefficient (Wildman–Crippen LogP) is 4.39. The molecule has 2 aromatic carbocycles. The largest absolute Gasteiger partial charge is 0.497 e. The molecule has 0 aliphatic rings. The molecule has 4 aromatic rings. The number of ether oxygens (including phenoxy) is 1. The van der Waals surface area contributed by atoms with Gasteiger partial charge in [0.05, 0.1) is 19.0 Å². The highest BCUT2D eigenvalue weighted by Gasteiger charge is 2.14. The Hall–Kier alpha value is -3.45. The first-order valence-corrected chi connectivity index (χ1v) is 10.3. The number of benzene rings is 2. The van der Waals surface area contributed by atoms with E-state index in [1.54, 1.807) is 7.11 Å². The lowest BCUT2D eigenvalue weighted by molar-refractivity contribution is -0.116. The summed E-state index contributed by atoms with van der Waals surface area (Å²) in [5.74, 6) is 0.502. The number of nitrogens with one attached hydrogen (secondary N) is 1. The highest BCUT2D eigenvalue weighted by Crippen LogP contribution is 2.31. The molecule has 0 spiro atoms. The van der Waals surface area contributed by atoms with Crippen LogP contribution in [0.25, 0.3) is 21.3 Å². The lowest BCUT2D eigenvalue weighted by atomic mass is 10.1. The number of aryl methyl sites for hydroxylation is 2. The number of anilines is 1. The van der Waals surface area contributed by atoms with Crippen molar-refractivity contribution in [3.63, 3.8) is 0 Å². The van der Waals surface area contributed by atoms with Gasteiger partial charge in [-0.2, -0.15) is 0 Å². The number of aromatic nitrogens is 2. The number of amides is 1. The summed E-state index contributed by atoms with van der Waals surface area (Å²) in [4.78, 5) is 29.9. The van der Waals surface area contributed by atoms with Crippen LogP contribution in [0.3, 0.4) is 0 Å². The van der Waals surface area contributed by atoms with Gasteiger partial charge in [0.25, 0.3) is 5.56 Å². The van der Waals surface area contributed by atoms with Gasteiger partial charge in [-0.15, -0.1) is 11.3 Å². The molecule has 0 aliphatic carbocycles. The summed E-state index contributed by atoms with van der Waals surface area (Å²) in [6.07, 6.45) is 1.44. The van der Waals surface area contributed by atoms with E-state index in [4.69, 9.17) is 4.74 Å². The summed E-state index contributed by atoms with van der Waals surface area (Å²) >= 11 is 1.34. The summed E-state index contributed by atoms with van der Waals surface area (Å²) in [5.41, 5.74) is 5.04. The number of fused-ring (bicyclic) bond motifs is 1. The molecule has 0 bridgehead atoms. The van der Waals surface area contributed by atoms with Crippen molar-refractivity contribution < 1.29 is 9.53 Å². The second-order valence-electron chi connectivity index (χ2n) is 7.10. The molecular formula is C23H21N3O3S. The van der Waals surface area contributed by atoms with Crippen LogP contribution >= 0.6 is 11.3 Å². The van der Waals surface area contributed by atoms with Gasteiger partial charge in [-0.25, -0.2) is 4.98 Å². The maximum atomic E-state index is 12.9. The molecule has 0 aliphatic heterocycles. The maximum absolute atomic E-state index is 12.9. The van der Waals surface area contributed by atoms with Crippen LogP contribution in [0, 0.1) is 13.8 Å². The molecule has 2 aromatic heterocycles. The number of methoxy groups -OCH3 is 1. The van der Waals surface area contributed by atoms with Gasteiger partial charge in [-0.1, -0.05) is 24.3 Å². The van der Waals surface area contributed by atoms with Crippen LogP contribution in [0.15, 0.2) is 59.0 Å². The van der Waals surface area contributed by atoms with Crippen molar-refractivity contribution >= 4 is 33.1 Å². The van der Waals surface area contributed by atoms with Gasteiger partial charge in [0, 0.05) is 16.6 Å². The Kier molecular flexibility index (Phi) is 5.37. The van der Waals surface area contributed by atoms with Gasteiger partial charge in [-0.3, -0.25) is 14.2 Å². The number of thiophene rings is 1. The number of rotatable bonds is 5. The van der Waals surface area contributed by atoms with Crippen LogP contribution in [0.4, 0.5) is 5.69 Å². The van der Waals surface area contributed by atoms with Crippen LogP contribution in [0.1, 0.15) is 11.1 Å². The lowest BCUT2D eigenvalue weighted by Crippen LogP contribution is -2.27. The summed E-state index contributed by atoms with van der Waals surface area (Å²) in [5, 5.41) is 4.80. The Morgan fingerprint density at radius 2 is 1.93 bits per heavy atom. The van der Waals surface area contributed by atoms with Gasteiger partial charge in [0.2, 0.25) is 5.91 Å². The first kappa shape index (κ1) is 19.8. The van der Waals surface area contributed by atoms with Crippen molar-refractivity contribution in [3.05, 3.63) is 75.7 Å². The minimum atomic E-state index is -0.265. The Bertz CT molecular complexity index is 1290.